The van der Waals surface area contributed by atoms with E-state index >= 15 is 0 Å². The largest absolute Gasteiger partial charge is 0.493 e. The Morgan fingerprint density at radius 3 is 2.95 bits per heavy atom. The maximum atomic E-state index is 12.2. The van der Waals surface area contributed by atoms with Crippen LogP contribution in [-0.2, 0) is 9.59 Å². The van der Waals surface area contributed by atoms with E-state index in [2.05, 4.69) is 5.32 Å². The second-order valence-corrected chi connectivity index (χ2v) is 5.18. The van der Waals surface area contributed by atoms with E-state index in [4.69, 9.17) is 9.84 Å². The van der Waals surface area contributed by atoms with Gasteiger partial charge < -0.3 is 15.2 Å². The molecule has 0 radical (unpaired) electrons. The van der Waals surface area contributed by atoms with Crippen LogP contribution < -0.4 is 10.1 Å². The first-order valence-corrected chi connectivity index (χ1v) is 6.79. The summed E-state index contributed by atoms with van der Waals surface area (Å²) in [6.07, 6.45) is 0.709. The highest BCUT2D eigenvalue weighted by molar-refractivity contribution is 5.84. The summed E-state index contributed by atoms with van der Waals surface area (Å²) in [4.78, 5) is 22.8. The lowest BCUT2D eigenvalue weighted by atomic mass is 9.92. The van der Waals surface area contributed by atoms with Crippen molar-refractivity contribution in [2.24, 2.45) is 5.92 Å². The Hall–Kier alpha value is -2.04. The van der Waals surface area contributed by atoms with Gasteiger partial charge in [-0.05, 0) is 18.4 Å². The molecule has 5 nitrogen and oxygen atoms in total. The van der Waals surface area contributed by atoms with Gasteiger partial charge in [-0.1, -0.05) is 25.1 Å². The number of aliphatic carboxylic acids is 1. The van der Waals surface area contributed by atoms with Crippen LogP contribution in [0.5, 0.6) is 5.75 Å². The summed E-state index contributed by atoms with van der Waals surface area (Å²) in [7, 11) is 0. The van der Waals surface area contributed by atoms with E-state index in [1.54, 1.807) is 0 Å². The first-order valence-electron chi connectivity index (χ1n) is 6.79. The number of benzene rings is 1. The smallest absolute Gasteiger partial charge is 0.303 e. The van der Waals surface area contributed by atoms with Crippen molar-refractivity contribution < 1.29 is 19.4 Å². The summed E-state index contributed by atoms with van der Waals surface area (Å²) < 4.78 is 5.52. The molecule has 0 aliphatic carbocycles. The standard InChI is InChI=1S/C15H19NO4/c1-10(8-14(17)18)9-16-15(19)12-6-7-20-13-5-3-2-4-11(12)13/h2-5,10,12H,6-9H2,1H3,(H,16,19)(H,17,18). The van der Waals surface area contributed by atoms with E-state index < -0.39 is 5.97 Å². The summed E-state index contributed by atoms with van der Waals surface area (Å²) >= 11 is 0. The Balaban J connectivity index is 1.95. The van der Waals surface area contributed by atoms with Gasteiger partial charge in [0.05, 0.1) is 12.5 Å². The molecular weight excluding hydrogens is 258 g/mol. The van der Waals surface area contributed by atoms with Gasteiger partial charge in [-0.3, -0.25) is 9.59 Å². The molecule has 20 heavy (non-hydrogen) atoms. The maximum Gasteiger partial charge on any atom is 0.303 e. The molecule has 2 unspecified atom stereocenters. The molecule has 0 bridgehead atoms. The van der Waals surface area contributed by atoms with Crippen molar-refractivity contribution in [1.82, 2.24) is 5.32 Å². The third-order valence-electron chi connectivity index (χ3n) is 3.42. The van der Waals surface area contributed by atoms with E-state index in [9.17, 15) is 9.59 Å². The summed E-state index contributed by atoms with van der Waals surface area (Å²) in [6, 6.07) is 7.54. The number of carbonyl (C=O) groups excluding carboxylic acids is 1. The summed E-state index contributed by atoms with van der Waals surface area (Å²) in [6.45, 7) is 2.72. The van der Waals surface area contributed by atoms with Crippen molar-refractivity contribution in [3.63, 3.8) is 0 Å². The molecule has 2 atom stereocenters. The molecule has 2 rings (SSSR count). The van der Waals surface area contributed by atoms with E-state index in [1.165, 1.54) is 0 Å². The average Bonchev–Trinajstić information content (AvgIpc) is 2.43. The Bertz CT molecular complexity index is 500. The lowest BCUT2D eigenvalue weighted by molar-refractivity contribution is -0.138. The number of hydrogen-bond acceptors (Lipinski definition) is 3. The van der Waals surface area contributed by atoms with Gasteiger partial charge >= 0.3 is 5.97 Å². The average molecular weight is 277 g/mol. The number of hydrogen-bond donors (Lipinski definition) is 2. The molecule has 5 heteroatoms. The molecule has 0 saturated carbocycles. The SMILES string of the molecule is CC(CNC(=O)C1CCOc2ccccc21)CC(=O)O. The highest BCUT2D eigenvalue weighted by Crippen LogP contribution is 2.33. The van der Waals surface area contributed by atoms with Crippen molar-refractivity contribution in [2.45, 2.75) is 25.7 Å². The van der Waals surface area contributed by atoms with E-state index in [0.29, 0.717) is 19.6 Å². The minimum atomic E-state index is -0.844. The molecule has 2 N–H and O–H groups in total. The van der Waals surface area contributed by atoms with Crippen LogP contribution in [0.2, 0.25) is 0 Å². The lowest BCUT2D eigenvalue weighted by Crippen LogP contribution is -2.35. The Labute approximate surface area is 117 Å². The number of para-hydroxylation sites is 1. The minimum Gasteiger partial charge on any atom is -0.493 e. The highest BCUT2D eigenvalue weighted by atomic mass is 16.5. The lowest BCUT2D eigenvalue weighted by Gasteiger charge is -2.25. The molecule has 1 aromatic rings. The van der Waals surface area contributed by atoms with Crippen molar-refractivity contribution in [3.05, 3.63) is 29.8 Å². The molecule has 1 heterocycles. The summed E-state index contributed by atoms with van der Waals surface area (Å²) in [5.74, 6) is -0.429. The zero-order chi connectivity index (χ0) is 14.5. The van der Waals surface area contributed by atoms with Crippen LogP contribution in [0, 0.1) is 5.92 Å². The van der Waals surface area contributed by atoms with Crippen LogP contribution in [0.4, 0.5) is 0 Å². The number of nitrogens with one attached hydrogen (secondary N) is 1. The number of ether oxygens (including phenoxy) is 1. The number of amides is 1. The Kier molecular flexibility index (Phi) is 4.61. The number of fused-ring (bicyclic) bond motifs is 1. The Morgan fingerprint density at radius 2 is 2.20 bits per heavy atom. The molecule has 0 fully saturated rings. The highest BCUT2D eigenvalue weighted by Gasteiger charge is 2.27. The molecule has 1 aliphatic heterocycles. The summed E-state index contributed by atoms with van der Waals surface area (Å²) in [5.41, 5.74) is 0.905. The normalized spacial score (nSPS) is 18.6. The molecule has 108 valence electrons. The van der Waals surface area contributed by atoms with Gasteiger partial charge in [0.1, 0.15) is 5.75 Å². The Morgan fingerprint density at radius 1 is 1.45 bits per heavy atom. The second kappa shape index (κ2) is 6.41. The first-order chi connectivity index (χ1) is 9.58. The monoisotopic (exact) mass is 277 g/mol. The minimum absolute atomic E-state index is 0.0574. The van der Waals surface area contributed by atoms with Crippen LogP contribution >= 0.6 is 0 Å². The number of carboxylic acids is 1. The van der Waals surface area contributed by atoms with Crippen LogP contribution in [0.3, 0.4) is 0 Å². The van der Waals surface area contributed by atoms with Crippen LogP contribution in [0.25, 0.3) is 0 Å². The molecular formula is C15H19NO4. The first kappa shape index (κ1) is 14.4. The third kappa shape index (κ3) is 3.50. The number of carboxylic acid groups (broad SMARTS) is 1. The second-order valence-electron chi connectivity index (χ2n) is 5.18. The van der Waals surface area contributed by atoms with Gasteiger partial charge in [0, 0.05) is 18.5 Å². The molecule has 0 saturated heterocycles. The van der Waals surface area contributed by atoms with Gasteiger partial charge in [0.25, 0.3) is 0 Å². The molecule has 0 aromatic heterocycles. The quantitative estimate of drug-likeness (QED) is 0.860. The zero-order valence-corrected chi connectivity index (χ0v) is 11.5. The fraction of sp³-hybridized carbons (Fsp3) is 0.467. The fourth-order valence-electron chi connectivity index (χ4n) is 2.38. The topological polar surface area (TPSA) is 75.6 Å². The fourth-order valence-corrected chi connectivity index (χ4v) is 2.38. The van der Waals surface area contributed by atoms with E-state index in [-0.39, 0.29) is 24.2 Å². The maximum absolute atomic E-state index is 12.2. The molecule has 1 amide bonds. The zero-order valence-electron chi connectivity index (χ0n) is 11.5. The van der Waals surface area contributed by atoms with Gasteiger partial charge in [-0.15, -0.1) is 0 Å². The predicted octanol–water partition coefficient (Wildman–Crippen LogP) is 1.78. The number of carbonyl (C=O) groups is 2. The third-order valence-corrected chi connectivity index (χ3v) is 3.42. The molecule has 0 spiro atoms. The van der Waals surface area contributed by atoms with Crippen LogP contribution in [-0.4, -0.2) is 30.1 Å². The molecule has 1 aromatic carbocycles. The number of rotatable bonds is 5. The van der Waals surface area contributed by atoms with Gasteiger partial charge in [0.2, 0.25) is 5.91 Å². The van der Waals surface area contributed by atoms with Crippen molar-refractivity contribution in [2.75, 3.05) is 13.2 Å². The molecule has 1 aliphatic rings. The van der Waals surface area contributed by atoms with Crippen molar-refractivity contribution >= 4 is 11.9 Å². The van der Waals surface area contributed by atoms with Crippen molar-refractivity contribution in [3.8, 4) is 5.75 Å². The van der Waals surface area contributed by atoms with Crippen LogP contribution in [0.1, 0.15) is 31.2 Å². The predicted molar refractivity (Wildman–Crippen MR) is 73.7 cm³/mol. The van der Waals surface area contributed by atoms with Gasteiger partial charge in [0.15, 0.2) is 0 Å². The van der Waals surface area contributed by atoms with Gasteiger partial charge in [-0.2, -0.15) is 0 Å². The van der Waals surface area contributed by atoms with E-state index in [0.717, 1.165) is 11.3 Å². The van der Waals surface area contributed by atoms with Crippen molar-refractivity contribution in [1.29, 1.82) is 0 Å². The van der Waals surface area contributed by atoms with E-state index in [1.807, 2.05) is 31.2 Å². The van der Waals surface area contributed by atoms with Crippen LogP contribution in [0.15, 0.2) is 24.3 Å². The summed E-state index contributed by atoms with van der Waals surface area (Å²) in [5, 5.41) is 11.5. The van der Waals surface area contributed by atoms with Gasteiger partial charge in [-0.25, -0.2) is 0 Å².